The summed E-state index contributed by atoms with van der Waals surface area (Å²) in [5.41, 5.74) is 4.88. The van der Waals surface area contributed by atoms with Crippen LogP contribution in [-0.2, 0) is 0 Å². The van der Waals surface area contributed by atoms with E-state index in [2.05, 4.69) is 14.4 Å². The van der Waals surface area contributed by atoms with Crippen molar-refractivity contribution in [3.63, 3.8) is 0 Å². The lowest BCUT2D eigenvalue weighted by atomic mass is 10.1. The summed E-state index contributed by atoms with van der Waals surface area (Å²) in [5, 5.41) is 29.1. The molecule has 0 spiro atoms. The number of fused-ring (bicyclic) bond motifs is 1. The van der Waals surface area contributed by atoms with Gasteiger partial charge in [0.1, 0.15) is 6.10 Å². The van der Waals surface area contributed by atoms with Gasteiger partial charge in [0.2, 0.25) is 0 Å². The van der Waals surface area contributed by atoms with E-state index in [0.29, 0.717) is 6.42 Å². The van der Waals surface area contributed by atoms with E-state index in [1.807, 2.05) is 0 Å². The Morgan fingerprint density at radius 1 is 1.45 bits per heavy atom. The van der Waals surface area contributed by atoms with Gasteiger partial charge in [-0.2, -0.15) is 4.98 Å². The van der Waals surface area contributed by atoms with Crippen LogP contribution < -0.4 is 11.4 Å². The summed E-state index contributed by atoms with van der Waals surface area (Å²) in [7, 11) is 0. The number of aliphatic hydroxyl groups is 3. The molecule has 1 aliphatic rings. The second-order valence-corrected chi connectivity index (χ2v) is 4.89. The number of rotatable bonds is 2. The predicted molar refractivity (Wildman–Crippen MR) is 66.7 cm³/mol. The normalized spacial score (nSPS) is 30.1. The third kappa shape index (κ3) is 1.79. The Labute approximate surface area is 112 Å². The molecule has 1 fully saturated rings. The van der Waals surface area contributed by atoms with Crippen molar-refractivity contribution in [1.82, 2.24) is 14.5 Å². The molecule has 0 radical (unpaired) electrons. The Morgan fingerprint density at radius 2 is 2.20 bits per heavy atom. The summed E-state index contributed by atoms with van der Waals surface area (Å²) in [6.07, 6.45) is -0.444. The van der Waals surface area contributed by atoms with Crippen LogP contribution in [0.2, 0.25) is 0 Å². The second-order valence-electron chi connectivity index (χ2n) is 4.89. The zero-order valence-corrected chi connectivity index (χ0v) is 10.4. The van der Waals surface area contributed by atoms with Crippen LogP contribution in [0.3, 0.4) is 0 Å². The van der Waals surface area contributed by atoms with Crippen LogP contribution in [-0.4, -0.2) is 48.7 Å². The molecule has 20 heavy (non-hydrogen) atoms. The van der Waals surface area contributed by atoms with Gasteiger partial charge in [0.15, 0.2) is 11.2 Å². The summed E-state index contributed by atoms with van der Waals surface area (Å²) in [5.74, 6) is -0.440. The minimum Gasteiger partial charge on any atom is -0.396 e. The lowest BCUT2D eigenvalue weighted by molar-refractivity contribution is -0.00370. The van der Waals surface area contributed by atoms with E-state index in [1.165, 1.54) is 10.9 Å². The molecule has 9 nitrogen and oxygen atoms in total. The maximum Gasteiger partial charge on any atom is 0.368 e. The fourth-order valence-corrected chi connectivity index (χ4v) is 2.68. The van der Waals surface area contributed by atoms with Crippen LogP contribution >= 0.6 is 0 Å². The number of imidazole rings is 1. The van der Waals surface area contributed by atoms with Gasteiger partial charge in [-0.05, 0) is 6.42 Å². The molecule has 0 bridgehead atoms. The largest absolute Gasteiger partial charge is 0.396 e. The molecule has 1 saturated carbocycles. The van der Waals surface area contributed by atoms with E-state index < -0.39 is 29.8 Å². The third-order valence-corrected chi connectivity index (χ3v) is 3.74. The second kappa shape index (κ2) is 4.54. The molecule has 9 heteroatoms. The topological polar surface area (TPSA) is 148 Å². The lowest BCUT2D eigenvalue weighted by Crippen LogP contribution is -2.30. The smallest absolute Gasteiger partial charge is 0.368 e. The van der Waals surface area contributed by atoms with Crippen LogP contribution in [0, 0.1) is 5.92 Å². The Balaban J connectivity index is 2.09. The van der Waals surface area contributed by atoms with Gasteiger partial charge >= 0.3 is 5.63 Å². The summed E-state index contributed by atoms with van der Waals surface area (Å²) >= 11 is 0. The molecule has 5 N–H and O–H groups in total. The van der Waals surface area contributed by atoms with Crippen molar-refractivity contribution >= 4 is 17.2 Å². The highest BCUT2D eigenvalue weighted by atomic mass is 16.4. The standard InChI is InChI=1S/C11H14N4O5/c12-11-14-9-6(10(19)20-11)13-3-15(9)5-1-4(2-16)7(17)8(5)18/h3-5,7-8,16-18H,1-2H2,(H2,12,14)/t4-,5?,7-,8+/m1/s1. The molecule has 0 aliphatic heterocycles. The molecule has 108 valence electrons. The summed E-state index contributed by atoms with van der Waals surface area (Å²) in [4.78, 5) is 19.4. The highest BCUT2D eigenvalue weighted by Gasteiger charge is 2.42. The summed E-state index contributed by atoms with van der Waals surface area (Å²) in [6.45, 7) is -0.237. The number of hydrogen-bond acceptors (Lipinski definition) is 8. The fourth-order valence-electron chi connectivity index (χ4n) is 2.68. The number of aliphatic hydroxyl groups excluding tert-OH is 3. The first-order valence-electron chi connectivity index (χ1n) is 6.13. The van der Waals surface area contributed by atoms with E-state index in [1.54, 1.807) is 0 Å². The minimum atomic E-state index is -1.08. The zero-order valence-electron chi connectivity index (χ0n) is 10.4. The Kier molecular flexibility index (Phi) is 2.96. The molecule has 2 aromatic heterocycles. The molecule has 4 atom stereocenters. The first-order chi connectivity index (χ1) is 9.52. The van der Waals surface area contributed by atoms with Crippen LogP contribution in [0.1, 0.15) is 12.5 Å². The number of aromatic nitrogens is 3. The fraction of sp³-hybridized carbons (Fsp3) is 0.545. The molecule has 0 saturated heterocycles. The van der Waals surface area contributed by atoms with Crippen molar-refractivity contribution < 1.29 is 19.7 Å². The molecule has 2 aromatic rings. The quantitative estimate of drug-likeness (QED) is 0.506. The van der Waals surface area contributed by atoms with Gasteiger partial charge in [-0.3, -0.25) is 0 Å². The van der Waals surface area contributed by atoms with Crippen molar-refractivity contribution in [2.24, 2.45) is 5.92 Å². The number of nitrogens with two attached hydrogens (primary N) is 1. The molecule has 3 rings (SSSR count). The minimum absolute atomic E-state index is 0.00772. The average molecular weight is 282 g/mol. The number of hydrogen-bond donors (Lipinski definition) is 4. The number of nitrogens with zero attached hydrogens (tertiary/aromatic N) is 3. The molecular formula is C11H14N4O5. The van der Waals surface area contributed by atoms with E-state index in [-0.39, 0.29) is 23.8 Å². The number of nitrogen functional groups attached to an aromatic ring is 1. The van der Waals surface area contributed by atoms with Gasteiger partial charge in [-0.25, -0.2) is 9.78 Å². The van der Waals surface area contributed by atoms with Crippen molar-refractivity contribution in [3.05, 3.63) is 16.7 Å². The zero-order chi connectivity index (χ0) is 14.4. The van der Waals surface area contributed by atoms with Crippen LogP contribution in [0.15, 0.2) is 15.5 Å². The van der Waals surface area contributed by atoms with Gasteiger partial charge in [0.05, 0.1) is 18.5 Å². The van der Waals surface area contributed by atoms with E-state index in [9.17, 15) is 20.1 Å². The van der Waals surface area contributed by atoms with Gasteiger partial charge in [0, 0.05) is 12.5 Å². The molecular weight excluding hydrogens is 268 g/mol. The van der Waals surface area contributed by atoms with Gasteiger partial charge in [-0.1, -0.05) is 0 Å². The Morgan fingerprint density at radius 3 is 2.85 bits per heavy atom. The van der Waals surface area contributed by atoms with Gasteiger partial charge in [-0.15, -0.1) is 0 Å². The molecule has 1 unspecified atom stereocenters. The highest BCUT2D eigenvalue weighted by molar-refractivity contribution is 5.69. The summed E-state index contributed by atoms with van der Waals surface area (Å²) < 4.78 is 6.12. The van der Waals surface area contributed by atoms with E-state index >= 15 is 0 Å². The van der Waals surface area contributed by atoms with E-state index in [4.69, 9.17) is 5.73 Å². The molecule has 0 amide bonds. The molecule has 2 heterocycles. The van der Waals surface area contributed by atoms with Crippen LogP contribution in [0.25, 0.3) is 11.2 Å². The number of anilines is 1. The van der Waals surface area contributed by atoms with Crippen molar-refractivity contribution in [3.8, 4) is 0 Å². The lowest BCUT2D eigenvalue weighted by Gasteiger charge is -2.18. The SMILES string of the molecule is Nc1nc2c(ncn2C2C[C@H](CO)[C@@H](O)[C@H]2O)c(=O)o1. The third-order valence-electron chi connectivity index (χ3n) is 3.74. The van der Waals surface area contributed by atoms with Crippen molar-refractivity contribution in [2.75, 3.05) is 12.3 Å². The predicted octanol–water partition coefficient (Wildman–Crippen LogP) is -1.76. The summed E-state index contributed by atoms with van der Waals surface area (Å²) in [6, 6.07) is -0.836. The molecule has 0 aromatic carbocycles. The Hall–Kier alpha value is -1.97. The first kappa shape index (κ1) is 13.0. The van der Waals surface area contributed by atoms with Crippen LogP contribution in [0.5, 0.6) is 0 Å². The first-order valence-corrected chi connectivity index (χ1v) is 6.13. The maximum atomic E-state index is 11.6. The molecule has 1 aliphatic carbocycles. The monoisotopic (exact) mass is 282 g/mol. The highest BCUT2D eigenvalue weighted by Crippen LogP contribution is 2.36. The maximum absolute atomic E-state index is 11.6. The van der Waals surface area contributed by atoms with Crippen LogP contribution in [0.4, 0.5) is 6.01 Å². The van der Waals surface area contributed by atoms with Gasteiger partial charge < -0.3 is 30.0 Å². The van der Waals surface area contributed by atoms with Crippen molar-refractivity contribution in [1.29, 1.82) is 0 Å². The Bertz CT molecular complexity index is 696. The van der Waals surface area contributed by atoms with Gasteiger partial charge in [0.25, 0.3) is 6.01 Å². The van der Waals surface area contributed by atoms with Crippen molar-refractivity contribution in [2.45, 2.75) is 24.7 Å². The van der Waals surface area contributed by atoms with E-state index in [0.717, 1.165) is 0 Å². The average Bonchev–Trinajstić information content (AvgIpc) is 2.93.